The van der Waals surface area contributed by atoms with Gasteiger partial charge in [-0.2, -0.15) is 0 Å². The Kier molecular flexibility index (Phi) is 5.11. The topological polar surface area (TPSA) is 90.7 Å². The Morgan fingerprint density at radius 3 is 2.48 bits per heavy atom. The van der Waals surface area contributed by atoms with E-state index in [1.54, 1.807) is 42.7 Å². The van der Waals surface area contributed by atoms with Gasteiger partial charge in [-0.05, 0) is 46.2 Å². The number of carbonyl (C=O) groups excluding carboxylic acids is 2. The summed E-state index contributed by atoms with van der Waals surface area (Å²) in [7, 11) is 0. The quantitative estimate of drug-likeness (QED) is 0.278. The number of benzene rings is 3. The molecule has 1 unspecified atom stereocenters. The molecule has 1 aromatic heterocycles. The van der Waals surface area contributed by atoms with Crippen molar-refractivity contribution in [2.24, 2.45) is 0 Å². The average molecular weight is 436 g/mol. The standard InChI is InChI=1S/C27H20N2O4/c30-22-9-3-8-20(14-22)24-23(25(31)21-11-10-18-6-1-2-7-19(18)13-21)26(32)27(33)29(24)16-17-5-4-12-28-15-17/h1-15,24,30-31H,16H2/b25-23-. The molecule has 1 saturated heterocycles. The molecule has 1 fully saturated rings. The highest BCUT2D eigenvalue weighted by atomic mass is 16.3. The summed E-state index contributed by atoms with van der Waals surface area (Å²) in [4.78, 5) is 31.7. The molecule has 162 valence electrons. The maximum absolute atomic E-state index is 13.2. The molecule has 0 radical (unpaired) electrons. The second kappa shape index (κ2) is 8.24. The van der Waals surface area contributed by atoms with Crippen LogP contribution in [0.2, 0.25) is 0 Å². The Bertz CT molecular complexity index is 1410. The minimum absolute atomic E-state index is 0.00479. The molecule has 4 aromatic rings. The highest BCUT2D eigenvalue weighted by Crippen LogP contribution is 2.41. The van der Waals surface area contributed by atoms with Crippen molar-refractivity contribution in [1.29, 1.82) is 0 Å². The highest BCUT2D eigenvalue weighted by Gasteiger charge is 2.46. The number of amides is 1. The van der Waals surface area contributed by atoms with Crippen LogP contribution in [0.1, 0.15) is 22.7 Å². The van der Waals surface area contributed by atoms with E-state index in [0.29, 0.717) is 11.1 Å². The molecule has 6 nitrogen and oxygen atoms in total. The van der Waals surface area contributed by atoms with Gasteiger partial charge in [0.2, 0.25) is 0 Å². The van der Waals surface area contributed by atoms with Gasteiger partial charge >= 0.3 is 0 Å². The molecule has 5 rings (SSSR count). The number of nitrogens with zero attached hydrogens (tertiary/aromatic N) is 2. The first-order valence-electron chi connectivity index (χ1n) is 10.5. The van der Waals surface area contributed by atoms with Crippen molar-refractivity contribution in [1.82, 2.24) is 9.88 Å². The molecule has 3 aromatic carbocycles. The van der Waals surface area contributed by atoms with Crippen molar-refractivity contribution >= 4 is 28.2 Å². The van der Waals surface area contributed by atoms with Gasteiger partial charge in [-0.1, -0.05) is 54.6 Å². The van der Waals surface area contributed by atoms with Gasteiger partial charge < -0.3 is 15.1 Å². The van der Waals surface area contributed by atoms with Gasteiger partial charge in [0.05, 0.1) is 11.6 Å². The molecule has 0 bridgehead atoms. The van der Waals surface area contributed by atoms with Crippen LogP contribution in [0, 0.1) is 0 Å². The van der Waals surface area contributed by atoms with E-state index in [1.807, 2.05) is 36.4 Å². The van der Waals surface area contributed by atoms with Crippen LogP contribution in [0.15, 0.2) is 96.8 Å². The summed E-state index contributed by atoms with van der Waals surface area (Å²) >= 11 is 0. The lowest BCUT2D eigenvalue weighted by molar-refractivity contribution is -0.140. The minimum Gasteiger partial charge on any atom is -0.508 e. The molecule has 0 spiro atoms. The number of likely N-dealkylation sites (tertiary alicyclic amines) is 1. The zero-order chi connectivity index (χ0) is 22.9. The Morgan fingerprint density at radius 2 is 1.73 bits per heavy atom. The Morgan fingerprint density at radius 1 is 0.909 bits per heavy atom. The number of hydrogen-bond donors (Lipinski definition) is 2. The number of fused-ring (bicyclic) bond motifs is 1. The van der Waals surface area contributed by atoms with Crippen molar-refractivity contribution in [3.8, 4) is 5.75 Å². The van der Waals surface area contributed by atoms with Gasteiger partial charge in [-0.15, -0.1) is 0 Å². The fraction of sp³-hybridized carbons (Fsp3) is 0.0741. The molecule has 0 aliphatic carbocycles. The number of aromatic hydroxyl groups is 1. The molecular formula is C27H20N2O4. The second-order valence-electron chi connectivity index (χ2n) is 7.95. The van der Waals surface area contributed by atoms with Gasteiger partial charge in [0.15, 0.2) is 0 Å². The summed E-state index contributed by atoms with van der Waals surface area (Å²) in [5.41, 5.74) is 1.71. The Hall–Kier alpha value is -4.45. The van der Waals surface area contributed by atoms with Crippen LogP contribution in [0.25, 0.3) is 16.5 Å². The fourth-order valence-electron chi connectivity index (χ4n) is 4.26. The Balaban J connectivity index is 1.67. The monoisotopic (exact) mass is 436 g/mol. The predicted molar refractivity (Wildman–Crippen MR) is 124 cm³/mol. The third-order valence-electron chi connectivity index (χ3n) is 5.82. The maximum Gasteiger partial charge on any atom is 0.295 e. The summed E-state index contributed by atoms with van der Waals surface area (Å²) in [6.45, 7) is 0.132. The van der Waals surface area contributed by atoms with Crippen molar-refractivity contribution in [2.45, 2.75) is 12.6 Å². The van der Waals surface area contributed by atoms with Crippen LogP contribution in [0.5, 0.6) is 5.75 Å². The first-order valence-corrected chi connectivity index (χ1v) is 10.5. The van der Waals surface area contributed by atoms with Gasteiger partial charge in [-0.3, -0.25) is 14.6 Å². The number of ketones is 1. The first kappa shape index (κ1) is 20.5. The molecule has 1 amide bonds. The summed E-state index contributed by atoms with van der Waals surface area (Å²) in [6, 6.07) is 22.2. The van der Waals surface area contributed by atoms with E-state index in [4.69, 9.17) is 0 Å². The van der Waals surface area contributed by atoms with Crippen molar-refractivity contribution in [3.05, 3.63) is 114 Å². The number of phenols is 1. The second-order valence-corrected chi connectivity index (χ2v) is 7.95. The zero-order valence-electron chi connectivity index (χ0n) is 17.6. The number of rotatable bonds is 4. The van der Waals surface area contributed by atoms with E-state index in [0.717, 1.165) is 16.3 Å². The molecule has 2 heterocycles. The lowest BCUT2D eigenvalue weighted by Crippen LogP contribution is -2.29. The SMILES string of the molecule is O=C1C(=O)N(Cc2cccnc2)C(c2cccc(O)c2)/C1=C(/O)c1ccc2ccccc2c1. The number of aromatic nitrogens is 1. The van der Waals surface area contributed by atoms with Crippen LogP contribution in [0.4, 0.5) is 0 Å². The molecule has 1 atom stereocenters. The van der Waals surface area contributed by atoms with E-state index in [2.05, 4.69) is 4.98 Å². The lowest BCUT2D eigenvalue weighted by atomic mass is 9.94. The van der Waals surface area contributed by atoms with Crippen LogP contribution in [0.3, 0.4) is 0 Å². The third-order valence-corrected chi connectivity index (χ3v) is 5.82. The Labute approximate surface area is 190 Å². The molecule has 2 N–H and O–H groups in total. The predicted octanol–water partition coefficient (Wildman–Crippen LogP) is 4.56. The third kappa shape index (κ3) is 3.72. The van der Waals surface area contributed by atoms with Crippen molar-refractivity contribution in [2.75, 3.05) is 0 Å². The summed E-state index contributed by atoms with van der Waals surface area (Å²) in [6.07, 6.45) is 3.26. The normalized spacial score (nSPS) is 17.6. The largest absolute Gasteiger partial charge is 0.508 e. The summed E-state index contributed by atoms with van der Waals surface area (Å²) in [5, 5.41) is 23.2. The van der Waals surface area contributed by atoms with E-state index < -0.39 is 17.7 Å². The van der Waals surface area contributed by atoms with E-state index in [9.17, 15) is 19.8 Å². The number of pyridine rings is 1. The number of aliphatic hydroxyl groups excluding tert-OH is 1. The van der Waals surface area contributed by atoms with Gasteiger partial charge in [0, 0.05) is 24.5 Å². The lowest BCUT2D eigenvalue weighted by Gasteiger charge is -2.25. The molecule has 0 saturated carbocycles. The number of aliphatic hydroxyl groups is 1. The van der Waals surface area contributed by atoms with E-state index in [1.165, 1.54) is 17.0 Å². The summed E-state index contributed by atoms with van der Waals surface area (Å²) < 4.78 is 0. The van der Waals surface area contributed by atoms with Crippen LogP contribution in [-0.2, 0) is 16.1 Å². The molecule has 1 aliphatic heterocycles. The van der Waals surface area contributed by atoms with Crippen LogP contribution in [-0.4, -0.2) is 31.8 Å². The molecule has 1 aliphatic rings. The molecule has 33 heavy (non-hydrogen) atoms. The number of carbonyl (C=O) groups is 2. The van der Waals surface area contributed by atoms with Gasteiger partial charge in [0.25, 0.3) is 11.7 Å². The first-order chi connectivity index (χ1) is 16.0. The maximum atomic E-state index is 13.2. The average Bonchev–Trinajstić information content (AvgIpc) is 3.09. The van der Waals surface area contributed by atoms with E-state index >= 15 is 0 Å². The fourth-order valence-corrected chi connectivity index (χ4v) is 4.26. The highest BCUT2D eigenvalue weighted by molar-refractivity contribution is 6.46. The van der Waals surface area contributed by atoms with Crippen LogP contribution >= 0.6 is 0 Å². The molecule has 6 heteroatoms. The number of hydrogen-bond acceptors (Lipinski definition) is 5. The van der Waals surface area contributed by atoms with Gasteiger partial charge in [-0.25, -0.2) is 0 Å². The van der Waals surface area contributed by atoms with E-state index in [-0.39, 0.29) is 23.6 Å². The number of phenolic OH excluding ortho intramolecular Hbond substituents is 1. The zero-order valence-corrected chi connectivity index (χ0v) is 17.6. The number of Topliss-reactive ketones (excluding diaryl/α,β-unsaturated/α-hetero) is 1. The van der Waals surface area contributed by atoms with Crippen molar-refractivity contribution < 1.29 is 19.8 Å². The summed E-state index contributed by atoms with van der Waals surface area (Å²) in [5.74, 6) is -1.72. The van der Waals surface area contributed by atoms with Crippen molar-refractivity contribution in [3.63, 3.8) is 0 Å². The van der Waals surface area contributed by atoms with Crippen LogP contribution < -0.4 is 0 Å². The minimum atomic E-state index is -0.858. The van der Waals surface area contributed by atoms with Gasteiger partial charge in [0.1, 0.15) is 11.5 Å². The smallest absolute Gasteiger partial charge is 0.295 e. The molecular weight excluding hydrogens is 416 g/mol.